The van der Waals surface area contributed by atoms with Crippen molar-refractivity contribution in [3.63, 3.8) is 0 Å². The van der Waals surface area contributed by atoms with Gasteiger partial charge in [0.15, 0.2) is 6.29 Å². The quantitative estimate of drug-likeness (QED) is 0.655. The summed E-state index contributed by atoms with van der Waals surface area (Å²) < 4.78 is 16.5. The molecule has 0 aliphatic carbocycles. The van der Waals surface area contributed by atoms with E-state index in [4.69, 9.17) is 14.2 Å². The molecule has 0 aromatic carbocycles. The van der Waals surface area contributed by atoms with Gasteiger partial charge in [0.25, 0.3) is 0 Å². The molecule has 0 saturated carbocycles. The molecule has 0 aromatic rings. The first kappa shape index (κ1) is 18.6. The number of hydrogen-bond donors (Lipinski definition) is 0. The highest BCUT2D eigenvalue weighted by Crippen LogP contribution is 2.24. The maximum absolute atomic E-state index is 12.5. The molecule has 3 heterocycles. The number of nitrogens with zero attached hydrogens (tertiary/aromatic N) is 3. The Bertz CT molecular complexity index is 463. The van der Waals surface area contributed by atoms with E-state index < -0.39 is 0 Å². The number of ether oxygens (including phenoxy) is 3. The van der Waals surface area contributed by atoms with Crippen molar-refractivity contribution in [2.45, 2.75) is 19.1 Å². The van der Waals surface area contributed by atoms with Gasteiger partial charge in [-0.15, -0.1) is 0 Å². The Morgan fingerprint density at radius 2 is 1.80 bits per heavy atom. The number of piperidine rings is 1. The van der Waals surface area contributed by atoms with Gasteiger partial charge in [0, 0.05) is 32.6 Å². The molecule has 3 fully saturated rings. The van der Waals surface area contributed by atoms with Crippen LogP contribution in [0.25, 0.3) is 0 Å². The van der Waals surface area contributed by atoms with Gasteiger partial charge in [-0.3, -0.25) is 14.5 Å². The van der Waals surface area contributed by atoms with Crippen LogP contribution < -0.4 is 0 Å². The minimum atomic E-state index is -0.126. The molecule has 8 nitrogen and oxygen atoms in total. The molecule has 0 bridgehead atoms. The van der Waals surface area contributed by atoms with E-state index >= 15 is 0 Å². The largest absolute Gasteiger partial charge is 0.378 e. The van der Waals surface area contributed by atoms with Gasteiger partial charge in [-0.1, -0.05) is 0 Å². The van der Waals surface area contributed by atoms with Gasteiger partial charge in [0.2, 0.25) is 11.8 Å². The minimum Gasteiger partial charge on any atom is -0.378 e. The smallest absolute Gasteiger partial charge is 0.242 e. The van der Waals surface area contributed by atoms with Crippen LogP contribution in [0.2, 0.25) is 0 Å². The Morgan fingerprint density at radius 1 is 1.08 bits per heavy atom. The van der Waals surface area contributed by atoms with Gasteiger partial charge in [-0.2, -0.15) is 0 Å². The molecule has 1 atom stereocenters. The van der Waals surface area contributed by atoms with Crippen molar-refractivity contribution in [1.82, 2.24) is 14.7 Å². The first-order chi connectivity index (χ1) is 12.1. The molecule has 1 unspecified atom stereocenters. The fourth-order valence-corrected chi connectivity index (χ4v) is 3.62. The molecule has 0 N–H and O–H groups in total. The van der Waals surface area contributed by atoms with Gasteiger partial charge in [-0.05, 0) is 19.4 Å². The number of carbonyl (C=O) groups is 2. The zero-order valence-electron chi connectivity index (χ0n) is 15.0. The van der Waals surface area contributed by atoms with Crippen molar-refractivity contribution >= 4 is 11.8 Å². The van der Waals surface area contributed by atoms with E-state index in [1.165, 1.54) is 4.90 Å². The summed E-state index contributed by atoms with van der Waals surface area (Å²) in [6, 6.07) is 0. The molecule has 0 radical (unpaired) electrons. The molecule has 3 saturated heterocycles. The van der Waals surface area contributed by atoms with Crippen molar-refractivity contribution in [2.75, 3.05) is 72.7 Å². The normalized spacial score (nSPS) is 26.0. The fourth-order valence-electron chi connectivity index (χ4n) is 3.62. The topological polar surface area (TPSA) is 71.6 Å². The number of morpholine rings is 1. The molecule has 0 aromatic heterocycles. The van der Waals surface area contributed by atoms with Crippen LogP contribution in [0.3, 0.4) is 0 Å². The third-order valence-electron chi connectivity index (χ3n) is 5.10. The van der Waals surface area contributed by atoms with E-state index in [0.717, 1.165) is 25.9 Å². The highest BCUT2D eigenvalue weighted by Gasteiger charge is 2.32. The second kappa shape index (κ2) is 8.93. The third-order valence-corrected chi connectivity index (χ3v) is 5.10. The van der Waals surface area contributed by atoms with Crippen molar-refractivity contribution in [3.05, 3.63) is 0 Å². The van der Waals surface area contributed by atoms with Crippen molar-refractivity contribution < 1.29 is 23.8 Å². The van der Waals surface area contributed by atoms with E-state index in [1.54, 1.807) is 11.9 Å². The monoisotopic (exact) mass is 355 g/mol. The second-order valence-corrected chi connectivity index (χ2v) is 6.99. The Kier molecular flexibility index (Phi) is 6.63. The van der Waals surface area contributed by atoms with E-state index in [0.29, 0.717) is 52.0 Å². The summed E-state index contributed by atoms with van der Waals surface area (Å²) in [5, 5.41) is 0. The van der Waals surface area contributed by atoms with Crippen LogP contribution in [-0.2, 0) is 23.8 Å². The summed E-state index contributed by atoms with van der Waals surface area (Å²) in [5.41, 5.74) is 0. The molecular formula is C17H29N3O5. The summed E-state index contributed by atoms with van der Waals surface area (Å²) in [7, 11) is 1.70. The highest BCUT2D eigenvalue weighted by molar-refractivity contribution is 5.85. The highest BCUT2D eigenvalue weighted by atomic mass is 16.7. The Balaban J connectivity index is 1.43. The molecule has 3 rings (SSSR count). The van der Waals surface area contributed by atoms with Crippen molar-refractivity contribution in [2.24, 2.45) is 5.92 Å². The van der Waals surface area contributed by atoms with Crippen LogP contribution in [0.1, 0.15) is 12.8 Å². The minimum absolute atomic E-state index is 0.0107. The van der Waals surface area contributed by atoms with Crippen LogP contribution in [-0.4, -0.2) is 106 Å². The standard InChI is InChI=1S/C17H29N3O5/c1-18(12-16(22)20-5-7-23-8-6-20)15(21)13-19-4-2-3-14(11-19)17-24-9-10-25-17/h14,17H,2-13H2,1H3. The van der Waals surface area contributed by atoms with E-state index in [2.05, 4.69) is 4.90 Å². The Hall–Kier alpha value is -1.22. The summed E-state index contributed by atoms with van der Waals surface area (Å²) in [4.78, 5) is 30.2. The van der Waals surface area contributed by atoms with Crippen molar-refractivity contribution in [3.8, 4) is 0 Å². The lowest BCUT2D eigenvalue weighted by atomic mass is 9.97. The lowest BCUT2D eigenvalue weighted by Crippen LogP contribution is -2.49. The zero-order chi connectivity index (χ0) is 17.6. The predicted molar refractivity (Wildman–Crippen MR) is 89.9 cm³/mol. The van der Waals surface area contributed by atoms with Crippen molar-refractivity contribution in [1.29, 1.82) is 0 Å². The second-order valence-electron chi connectivity index (χ2n) is 6.99. The molecule has 8 heteroatoms. The molecule has 3 aliphatic rings. The number of amides is 2. The lowest BCUT2D eigenvalue weighted by molar-refractivity contribution is -0.143. The summed E-state index contributed by atoms with van der Waals surface area (Å²) in [5.74, 6) is 0.295. The average Bonchev–Trinajstić information content (AvgIpc) is 3.17. The first-order valence-electron chi connectivity index (χ1n) is 9.18. The van der Waals surface area contributed by atoms with Crippen LogP contribution >= 0.6 is 0 Å². The van der Waals surface area contributed by atoms with Gasteiger partial charge >= 0.3 is 0 Å². The third kappa shape index (κ3) is 5.13. The SMILES string of the molecule is CN(CC(=O)N1CCOCC1)C(=O)CN1CCCC(C2OCCO2)C1. The lowest BCUT2D eigenvalue weighted by Gasteiger charge is -2.35. The number of hydrogen-bond acceptors (Lipinski definition) is 6. The van der Waals surface area contributed by atoms with Gasteiger partial charge in [0.05, 0.1) is 39.5 Å². The van der Waals surface area contributed by atoms with Gasteiger partial charge in [-0.25, -0.2) is 0 Å². The predicted octanol–water partition coefficient (Wildman–Crippen LogP) is -0.611. The van der Waals surface area contributed by atoms with Crippen LogP contribution in [0.15, 0.2) is 0 Å². The van der Waals surface area contributed by atoms with Crippen LogP contribution in [0.5, 0.6) is 0 Å². The molecule has 3 aliphatic heterocycles. The molecule has 25 heavy (non-hydrogen) atoms. The maximum atomic E-state index is 12.5. The number of likely N-dealkylation sites (N-methyl/N-ethyl adjacent to an activating group) is 1. The van der Waals surface area contributed by atoms with Gasteiger partial charge < -0.3 is 24.0 Å². The Morgan fingerprint density at radius 3 is 2.52 bits per heavy atom. The average molecular weight is 355 g/mol. The molecule has 142 valence electrons. The van der Waals surface area contributed by atoms with E-state index in [1.807, 2.05) is 0 Å². The molecular weight excluding hydrogens is 326 g/mol. The Labute approximate surface area is 149 Å². The summed E-state index contributed by atoms with van der Waals surface area (Å²) in [6.45, 7) is 5.86. The summed E-state index contributed by atoms with van der Waals surface area (Å²) in [6.07, 6.45) is 1.98. The molecule has 2 amide bonds. The number of carbonyl (C=O) groups excluding carboxylic acids is 2. The van der Waals surface area contributed by atoms with E-state index in [-0.39, 0.29) is 24.6 Å². The zero-order valence-corrected chi connectivity index (χ0v) is 15.0. The van der Waals surface area contributed by atoms with E-state index in [9.17, 15) is 9.59 Å². The fraction of sp³-hybridized carbons (Fsp3) is 0.882. The van der Waals surface area contributed by atoms with Gasteiger partial charge in [0.1, 0.15) is 0 Å². The number of rotatable bonds is 5. The maximum Gasteiger partial charge on any atom is 0.242 e. The van der Waals surface area contributed by atoms with Crippen LogP contribution in [0.4, 0.5) is 0 Å². The number of likely N-dealkylation sites (tertiary alicyclic amines) is 1. The van der Waals surface area contributed by atoms with Crippen LogP contribution in [0, 0.1) is 5.92 Å². The summed E-state index contributed by atoms with van der Waals surface area (Å²) >= 11 is 0. The first-order valence-corrected chi connectivity index (χ1v) is 9.18. The molecule has 0 spiro atoms.